The van der Waals surface area contributed by atoms with Gasteiger partial charge in [0.1, 0.15) is 0 Å². The highest BCUT2D eigenvalue weighted by Crippen LogP contribution is 2.27. The molecule has 1 heterocycles. The molecule has 2 atom stereocenters. The zero-order chi connectivity index (χ0) is 10.6. The molecule has 1 saturated heterocycles. The number of halogens is 1. The van der Waals surface area contributed by atoms with Crippen LogP contribution in [0, 0.1) is 17.8 Å². The fourth-order valence-corrected chi connectivity index (χ4v) is 2.58. The van der Waals surface area contributed by atoms with E-state index in [2.05, 4.69) is 20.8 Å². The minimum absolute atomic E-state index is 0.852. The summed E-state index contributed by atoms with van der Waals surface area (Å²) in [6.45, 7) is 9.20. The van der Waals surface area contributed by atoms with E-state index in [9.17, 15) is 0 Å². The molecule has 84 valence electrons. The van der Waals surface area contributed by atoms with E-state index in [1.807, 2.05) is 4.42 Å². The van der Waals surface area contributed by atoms with Crippen LogP contribution >= 0.6 is 11.8 Å². The third-order valence-electron chi connectivity index (χ3n) is 3.21. The molecule has 2 heteroatoms. The average molecular weight is 218 g/mol. The minimum atomic E-state index is 0.852. The minimum Gasteiger partial charge on any atom is -0.220 e. The van der Waals surface area contributed by atoms with Gasteiger partial charge in [0.15, 0.2) is 0 Å². The van der Waals surface area contributed by atoms with Crippen molar-refractivity contribution < 1.29 is 0 Å². The summed E-state index contributed by atoms with van der Waals surface area (Å²) in [7, 11) is 0. The van der Waals surface area contributed by atoms with Crippen LogP contribution in [0.5, 0.6) is 0 Å². The smallest absolute Gasteiger partial charge is 0.0167 e. The lowest BCUT2D eigenvalue weighted by atomic mass is 9.90. The average Bonchev–Trinajstić information content (AvgIpc) is 2.48. The molecular weight excluding hydrogens is 194 g/mol. The van der Waals surface area contributed by atoms with E-state index in [1.54, 1.807) is 0 Å². The lowest BCUT2D eigenvalue weighted by Gasteiger charge is -2.16. The maximum absolute atomic E-state index is 5.95. The van der Waals surface area contributed by atoms with E-state index < -0.39 is 0 Å². The van der Waals surface area contributed by atoms with Crippen molar-refractivity contribution in [3.63, 3.8) is 0 Å². The van der Waals surface area contributed by atoms with Crippen LogP contribution in [0.3, 0.4) is 0 Å². The molecule has 0 amide bonds. The summed E-state index contributed by atoms with van der Waals surface area (Å²) in [4.78, 5) is 0. The Bertz CT molecular complexity index is 158. The fourth-order valence-electron chi connectivity index (χ4n) is 2.28. The van der Waals surface area contributed by atoms with Gasteiger partial charge in [-0.3, -0.25) is 0 Å². The topological polar surface area (TPSA) is 3.24 Å². The third kappa shape index (κ3) is 4.65. The van der Waals surface area contributed by atoms with E-state index >= 15 is 0 Å². The molecule has 0 aromatic heterocycles. The van der Waals surface area contributed by atoms with Gasteiger partial charge in [0.2, 0.25) is 0 Å². The van der Waals surface area contributed by atoms with Gasteiger partial charge >= 0.3 is 0 Å². The molecule has 0 N–H and O–H groups in total. The van der Waals surface area contributed by atoms with Gasteiger partial charge in [0.25, 0.3) is 0 Å². The zero-order valence-corrected chi connectivity index (χ0v) is 10.6. The van der Waals surface area contributed by atoms with E-state index in [0.29, 0.717) is 0 Å². The Morgan fingerprint density at radius 2 is 2.00 bits per heavy atom. The van der Waals surface area contributed by atoms with Crippen LogP contribution in [-0.2, 0) is 0 Å². The fraction of sp³-hybridized carbons (Fsp3) is 1.00. The van der Waals surface area contributed by atoms with E-state index in [0.717, 1.165) is 30.8 Å². The van der Waals surface area contributed by atoms with Gasteiger partial charge in [0.05, 0.1) is 0 Å². The normalized spacial score (nSPS) is 25.9. The SMILES string of the molecule is CC(C)CCC(C)CC1CCN(Cl)C1. The molecule has 1 aliphatic rings. The first-order valence-corrected chi connectivity index (χ1v) is 6.32. The van der Waals surface area contributed by atoms with E-state index in [1.165, 1.54) is 25.7 Å². The van der Waals surface area contributed by atoms with Gasteiger partial charge in [-0.05, 0) is 42.4 Å². The maximum Gasteiger partial charge on any atom is 0.0167 e. The number of nitrogens with zero attached hydrogens (tertiary/aromatic N) is 1. The number of hydrogen-bond donors (Lipinski definition) is 0. The number of hydrogen-bond acceptors (Lipinski definition) is 1. The van der Waals surface area contributed by atoms with Crippen LogP contribution in [0.1, 0.15) is 46.5 Å². The molecule has 14 heavy (non-hydrogen) atoms. The molecule has 1 fully saturated rings. The van der Waals surface area contributed by atoms with Crippen molar-refractivity contribution in [3.8, 4) is 0 Å². The standard InChI is InChI=1S/C12H24ClN/c1-10(2)4-5-11(3)8-12-6-7-14(13)9-12/h10-12H,4-9H2,1-3H3. The Morgan fingerprint density at radius 3 is 2.50 bits per heavy atom. The van der Waals surface area contributed by atoms with Crippen LogP contribution < -0.4 is 0 Å². The van der Waals surface area contributed by atoms with Crippen LogP contribution in [0.25, 0.3) is 0 Å². The second-order valence-corrected chi connectivity index (χ2v) is 5.81. The Labute approximate surface area is 93.9 Å². The summed E-state index contributed by atoms with van der Waals surface area (Å²) in [5.74, 6) is 2.59. The van der Waals surface area contributed by atoms with Crippen molar-refractivity contribution in [2.75, 3.05) is 13.1 Å². The van der Waals surface area contributed by atoms with Crippen molar-refractivity contribution in [2.45, 2.75) is 46.5 Å². The van der Waals surface area contributed by atoms with Crippen LogP contribution in [-0.4, -0.2) is 17.5 Å². The highest BCUT2D eigenvalue weighted by atomic mass is 35.5. The molecule has 1 nitrogen and oxygen atoms in total. The van der Waals surface area contributed by atoms with Gasteiger partial charge in [-0.2, -0.15) is 0 Å². The molecule has 1 rings (SSSR count). The summed E-state index contributed by atoms with van der Waals surface area (Å²) >= 11 is 5.95. The highest BCUT2D eigenvalue weighted by Gasteiger charge is 2.22. The number of rotatable bonds is 5. The predicted octanol–water partition coefficient (Wildman–Crippen LogP) is 3.92. The van der Waals surface area contributed by atoms with Crippen molar-refractivity contribution in [3.05, 3.63) is 0 Å². The Hall–Kier alpha value is 0.250. The highest BCUT2D eigenvalue weighted by molar-refractivity contribution is 6.13. The Balaban J connectivity index is 2.10. The van der Waals surface area contributed by atoms with Crippen LogP contribution in [0.2, 0.25) is 0 Å². The molecule has 1 aliphatic heterocycles. The van der Waals surface area contributed by atoms with Gasteiger partial charge in [0, 0.05) is 13.1 Å². The quantitative estimate of drug-likeness (QED) is 0.631. The second kappa shape index (κ2) is 5.97. The second-order valence-electron chi connectivity index (χ2n) is 5.34. The lowest BCUT2D eigenvalue weighted by Crippen LogP contribution is -2.11. The van der Waals surface area contributed by atoms with E-state index in [-0.39, 0.29) is 0 Å². The summed E-state index contributed by atoms with van der Waals surface area (Å²) in [5, 5.41) is 0. The molecule has 0 aromatic carbocycles. The molecule has 0 aromatic rings. The molecule has 2 unspecified atom stereocenters. The monoisotopic (exact) mass is 217 g/mol. The molecule has 0 radical (unpaired) electrons. The first-order valence-electron chi connectivity index (χ1n) is 5.98. The van der Waals surface area contributed by atoms with Gasteiger partial charge in [-0.25, -0.2) is 4.42 Å². The Morgan fingerprint density at radius 1 is 1.29 bits per heavy atom. The first kappa shape index (κ1) is 12.3. The summed E-state index contributed by atoms with van der Waals surface area (Å²) in [6, 6.07) is 0. The van der Waals surface area contributed by atoms with Gasteiger partial charge < -0.3 is 0 Å². The maximum atomic E-state index is 5.95. The summed E-state index contributed by atoms with van der Waals surface area (Å²) in [5.41, 5.74) is 0. The lowest BCUT2D eigenvalue weighted by molar-refractivity contribution is 0.358. The van der Waals surface area contributed by atoms with Crippen molar-refractivity contribution in [1.29, 1.82) is 0 Å². The molecular formula is C12H24ClN. The summed E-state index contributed by atoms with van der Waals surface area (Å²) in [6.07, 6.45) is 5.43. The predicted molar refractivity (Wildman–Crippen MR) is 63.4 cm³/mol. The van der Waals surface area contributed by atoms with Crippen LogP contribution in [0.4, 0.5) is 0 Å². The zero-order valence-electron chi connectivity index (χ0n) is 9.80. The van der Waals surface area contributed by atoms with Crippen molar-refractivity contribution in [2.24, 2.45) is 17.8 Å². The first-order chi connectivity index (χ1) is 6.58. The molecule has 0 saturated carbocycles. The molecule has 0 spiro atoms. The Kier molecular flexibility index (Phi) is 5.25. The molecule has 0 aliphatic carbocycles. The molecule has 0 bridgehead atoms. The summed E-state index contributed by atoms with van der Waals surface area (Å²) < 4.78 is 1.94. The van der Waals surface area contributed by atoms with Gasteiger partial charge in [-0.15, -0.1) is 0 Å². The van der Waals surface area contributed by atoms with Crippen LogP contribution in [0.15, 0.2) is 0 Å². The van der Waals surface area contributed by atoms with Crippen molar-refractivity contribution >= 4 is 11.8 Å². The largest absolute Gasteiger partial charge is 0.220 e. The van der Waals surface area contributed by atoms with E-state index in [4.69, 9.17) is 11.8 Å². The third-order valence-corrected chi connectivity index (χ3v) is 3.52. The van der Waals surface area contributed by atoms with Crippen molar-refractivity contribution in [1.82, 2.24) is 4.42 Å². The van der Waals surface area contributed by atoms with Gasteiger partial charge in [-0.1, -0.05) is 33.6 Å².